The fourth-order valence-corrected chi connectivity index (χ4v) is 3.19. The minimum atomic E-state index is -1.55. The molecule has 0 saturated carbocycles. The van der Waals surface area contributed by atoms with Gasteiger partial charge in [0, 0.05) is 25.0 Å². The molecule has 0 heterocycles. The van der Waals surface area contributed by atoms with Crippen LogP contribution in [0.15, 0.2) is 24.3 Å². The number of alkyl halides is 5. The van der Waals surface area contributed by atoms with Gasteiger partial charge in [0.05, 0.1) is 4.92 Å². The third kappa shape index (κ3) is 5.81. The molecule has 0 N–H and O–H groups in total. The van der Waals surface area contributed by atoms with Crippen molar-refractivity contribution in [3.63, 3.8) is 0 Å². The third-order valence-corrected chi connectivity index (χ3v) is 3.00. The minimum Gasteiger partial charge on any atom is -0.258 e. The zero-order valence-electron chi connectivity index (χ0n) is 8.88. The van der Waals surface area contributed by atoms with Gasteiger partial charge in [-0.25, -0.2) is 0 Å². The number of nitro groups is 1. The van der Waals surface area contributed by atoms with Crippen molar-refractivity contribution in [1.82, 2.24) is 0 Å². The summed E-state index contributed by atoms with van der Waals surface area (Å²) in [7, 11) is 0. The van der Waals surface area contributed by atoms with Crippen LogP contribution in [0.1, 0.15) is 12.0 Å². The highest BCUT2D eigenvalue weighted by molar-refractivity contribution is 6.68. The first-order valence-corrected chi connectivity index (χ1v) is 6.66. The monoisotopic (exact) mass is 349 g/mol. The standard InChI is InChI=1S/C10H8Cl5NO2/c11-9(12,6-10(13,14)15)5-7-1-3-8(4-2-7)16(17)18/h1-4H,5-6H2. The van der Waals surface area contributed by atoms with Gasteiger partial charge in [0.25, 0.3) is 5.69 Å². The molecule has 0 aliphatic carbocycles. The highest BCUT2D eigenvalue weighted by atomic mass is 35.6. The molecule has 0 bridgehead atoms. The minimum absolute atomic E-state index is 0.00475. The second-order valence-electron chi connectivity index (χ2n) is 3.75. The number of nitrogens with zero attached hydrogens (tertiary/aromatic N) is 1. The molecule has 3 nitrogen and oxygen atoms in total. The van der Waals surface area contributed by atoms with E-state index in [1.165, 1.54) is 12.1 Å². The predicted molar refractivity (Wildman–Crippen MR) is 76.1 cm³/mol. The van der Waals surface area contributed by atoms with E-state index >= 15 is 0 Å². The summed E-state index contributed by atoms with van der Waals surface area (Å²) in [5.41, 5.74) is 0.717. The molecule has 0 aliphatic heterocycles. The molecule has 0 aromatic heterocycles. The number of hydrogen-bond donors (Lipinski definition) is 0. The predicted octanol–water partition coefficient (Wildman–Crippen LogP) is 5.07. The Morgan fingerprint density at radius 1 is 1.06 bits per heavy atom. The Kier molecular flexibility index (Phi) is 5.39. The molecule has 1 rings (SSSR count). The van der Waals surface area contributed by atoms with Crippen molar-refractivity contribution < 1.29 is 4.92 Å². The molecule has 0 spiro atoms. The Morgan fingerprint density at radius 2 is 1.56 bits per heavy atom. The van der Waals surface area contributed by atoms with Gasteiger partial charge in [-0.2, -0.15) is 0 Å². The molecule has 0 saturated heterocycles. The van der Waals surface area contributed by atoms with E-state index in [0.717, 1.165) is 5.56 Å². The van der Waals surface area contributed by atoms with Gasteiger partial charge in [0.2, 0.25) is 0 Å². The maximum Gasteiger partial charge on any atom is 0.269 e. The first-order chi connectivity index (χ1) is 8.09. The molecule has 1 aromatic carbocycles. The highest BCUT2D eigenvalue weighted by Crippen LogP contribution is 2.42. The summed E-state index contributed by atoms with van der Waals surface area (Å²) in [6.45, 7) is 0. The zero-order valence-corrected chi connectivity index (χ0v) is 12.7. The first-order valence-electron chi connectivity index (χ1n) is 4.77. The van der Waals surface area contributed by atoms with Gasteiger partial charge in [0.15, 0.2) is 3.79 Å². The van der Waals surface area contributed by atoms with Crippen LogP contribution in [0.5, 0.6) is 0 Å². The molecule has 1 aromatic rings. The molecular weight excluding hydrogens is 343 g/mol. The molecule has 0 aliphatic rings. The number of hydrogen-bond acceptors (Lipinski definition) is 2. The second kappa shape index (κ2) is 6.02. The Hall–Kier alpha value is 0.0700. The number of halogens is 5. The largest absolute Gasteiger partial charge is 0.269 e. The molecule has 8 heteroatoms. The molecule has 0 atom stereocenters. The normalized spacial score (nSPS) is 12.5. The summed E-state index contributed by atoms with van der Waals surface area (Å²) >= 11 is 28.9. The first kappa shape index (κ1) is 16.1. The van der Waals surface area contributed by atoms with Crippen molar-refractivity contribution in [3.05, 3.63) is 39.9 Å². The van der Waals surface area contributed by atoms with Crippen molar-refractivity contribution in [1.29, 1.82) is 0 Å². The van der Waals surface area contributed by atoms with Gasteiger partial charge in [-0.05, 0) is 5.56 Å². The quantitative estimate of drug-likeness (QED) is 0.432. The second-order valence-corrected chi connectivity index (χ2v) is 7.90. The maximum atomic E-state index is 10.5. The van der Waals surface area contributed by atoms with Crippen molar-refractivity contribution in [2.45, 2.75) is 21.0 Å². The molecule has 0 radical (unpaired) electrons. The van der Waals surface area contributed by atoms with Gasteiger partial charge < -0.3 is 0 Å². The Bertz CT molecular complexity index is 427. The molecule has 18 heavy (non-hydrogen) atoms. The molecule has 0 unspecified atom stereocenters. The topological polar surface area (TPSA) is 43.1 Å². The summed E-state index contributed by atoms with van der Waals surface area (Å²) in [5.74, 6) is 0. The van der Waals surface area contributed by atoms with Crippen molar-refractivity contribution in [3.8, 4) is 0 Å². The van der Waals surface area contributed by atoms with E-state index in [0.29, 0.717) is 0 Å². The van der Waals surface area contributed by atoms with E-state index in [1.54, 1.807) is 12.1 Å². The van der Waals surface area contributed by atoms with Crippen LogP contribution in [0, 0.1) is 10.1 Å². The number of nitro benzene ring substituents is 1. The fourth-order valence-electron chi connectivity index (χ4n) is 1.39. The Balaban J connectivity index is 2.75. The van der Waals surface area contributed by atoms with Crippen LogP contribution in [0.2, 0.25) is 0 Å². The van der Waals surface area contributed by atoms with Crippen LogP contribution in [-0.4, -0.2) is 13.0 Å². The summed E-state index contributed by atoms with van der Waals surface area (Å²) in [4.78, 5) is 10.00. The Morgan fingerprint density at radius 3 is 1.94 bits per heavy atom. The van der Waals surface area contributed by atoms with Crippen LogP contribution in [0.3, 0.4) is 0 Å². The molecule has 0 amide bonds. The summed E-state index contributed by atoms with van der Waals surface area (Å²) in [6.07, 6.45) is 0.173. The van der Waals surface area contributed by atoms with Crippen LogP contribution in [-0.2, 0) is 6.42 Å². The van der Waals surface area contributed by atoms with Gasteiger partial charge in [-0.3, -0.25) is 10.1 Å². The lowest BCUT2D eigenvalue weighted by Crippen LogP contribution is -2.23. The zero-order chi connectivity index (χ0) is 14.0. The number of non-ortho nitro benzene ring substituents is 1. The third-order valence-electron chi connectivity index (χ3n) is 2.07. The van der Waals surface area contributed by atoms with Gasteiger partial charge in [-0.1, -0.05) is 46.9 Å². The van der Waals surface area contributed by atoms with E-state index in [2.05, 4.69) is 0 Å². The van der Waals surface area contributed by atoms with Crippen LogP contribution >= 0.6 is 58.0 Å². The average Bonchev–Trinajstić information content (AvgIpc) is 2.13. The maximum absolute atomic E-state index is 10.5. The van der Waals surface area contributed by atoms with Crippen molar-refractivity contribution in [2.75, 3.05) is 0 Å². The summed E-state index contributed by atoms with van der Waals surface area (Å²) < 4.78 is -2.80. The highest BCUT2D eigenvalue weighted by Gasteiger charge is 2.35. The van der Waals surface area contributed by atoms with E-state index in [1.807, 2.05) is 0 Å². The van der Waals surface area contributed by atoms with Crippen molar-refractivity contribution in [2.24, 2.45) is 0 Å². The number of benzene rings is 1. The fraction of sp³-hybridized carbons (Fsp3) is 0.400. The Labute approximate surface area is 129 Å². The van der Waals surface area contributed by atoms with E-state index in [-0.39, 0.29) is 18.5 Å². The van der Waals surface area contributed by atoms with E-state index in [9.17, 15) is 10.1 Å². The number of rotatable bonds is 4. The summed E-state index contributed by atoms with van der Waals surface area (Å²) in [6, 6.07) is 5.87. The van der Waals surface area contributed by atoms with Gasteiger partial charge in [-0.15, -0.1) is 23.2 Å². The molecule has 0 fully saturated rings. The van der Waals surface area contributed by atoms with Gasteiger partial charge >= 0.3 is 0 Å². The van der Waals surface area contributed by atoms with Gasteiger partial charge in [0.1, 0.15) is 4.33 Å². The SMILES string of the molecule is O=[N+]([O-])c1ccc(CC(Cl)(Cl)CC(Cl)(Cl)Cl)cc1. The van der Waals surface area contributed by atoms with Crippen LogP contribution in [0.25, 0.3) is 0 Å². The van der Waals surface area contributed by atoms with E-state index < -0.39 is 13.0 Å². The average molecular weight is 351 g/mol. The van der Waals surface area contributed by atoms with E-state index in [4.69, 9.17) is 58.0 Å². The lowest BCUT2D eigenvalue weighted by molar-refractivity contribution is -0.384. The molecular formula is C10H8Cl5NO2. The lowest BCUT2D eigenvalue weighted by atomic mass is 10.1. The lowest BCUT2D eigenvalue weighted by Gasteiger charge is -2.23. The smallest absolute Gasteiger partial charge is 0.258 e. The van der Waals surface area contributed by atoms with Crippen LogP contribution < -0.4 is 0 Å². The summed E-state index contributed by atoms with van der Waals surface area (Å²) in [5, 5.41) is 10.5. The van der Waals surface area contributed by atoms with Crippen LogP contribution in [0.4, 0.5) is 5.69 Å². The van der Waals surface area contributed by atoms with Crippen molar-refractivity contribution >= 4 is 63.7 Å². The molecule has 100 valence electrons.